The minimum atomic E-state index is -0.260. The first-order valence-electron chi connectivity index (χ1n) is 7.41. The molecule has 24 heavy (non-hydrogen) atoms. The fourth-order valence-corrected chi connectivity index (χ4v) is 2.56. The van der Waals surface area contributed by atoms with E-state index in [2.05, 4.69) is 15.6 Å². The van der Waals surface area contributed by atoms with Gasteiger partial charge in [-0.2, -0.15) is 0 Å². The summed E-state index contributed by atoms with van der Waals surface area (Å²) >= 11 is 1.29. The van der Waals surface area contributed by atoms with E-state index in [1.807, 2.05) is 30.3 Å². The number of aromatic nitrogens is 1. The first-order chi connectivity index (χ1) is 11.7. The number of rotatable bonds is 8. The second kappa shape index (κ2) is 9.59. The molecule has 0 radical (unpaired) electrons. The van der Waals surface area contributed by atoms with Gasteiger partial charge in [0.05, 0.1) is 18.7 Å². The van der Waals surface area contributed by atoms with Crippen molar-refractivity contribution in [1.29, 1.82) is 0 Å². The van der Waals surface area contributed by atoms with Crippen LogP contribution < -0.4 is 10.6 Å². The Bertz CT molecular complexity index is 698. The van der Waals surface area contributed by atoms with E-state index in [1.54, 1.807) is 18.6 Å². The van der Waals surface area contributed by atoms with E-state index in [0.717, 1.165) is 5.56 Å². The van der Waals surface area contributed by atoms with Gasteiger partial charge in [-0.1, -0.05) is 30.3 Å². The lowest BCUT2D eigenvalue weighted by atomic mass is 10.2. The number of carbonyl (C=O) groups excluding carboxylic acids is 2. The monoisotopic (exact) mass is 345 g/mol. The highest BCUT2D eigenvalue weighted by Gasteiger charge is 2.08. The van der Waals surface area contributed by atoms with Crippen LogP contribution in [-0.2, 0) is 20.7 Å². The summed E-state index contributed by atoms with van der Waals surface area (Å²) in [6.45, 7) is 0.936. The van der Waals surface area contributed by atoms with Crippen LogP contribution in [0.2, 0.25) is 0 Å². The third-order valence-electron chi connectivity index (χ3n) is 2.98. The average molecular weight is 345 g/mol. The molecule has 0 aliphatic rings. The Hall–Kier alpha value is -2.51. The number of methoxy groups -OCH3 is 1. The van der Waals surface area contributed by atoms with Gasteiger partial charge in [0.2, 0.25) is 11.8 Å². The minimum Gasteiger partial charge on any atom is -0.383 e. The van der Waals surface area contributed by atoms with Gasteiger partial charge in [0.15, 0.2) is 5.13 Å². The molecule has 0 bridgehead atoms. The summed E-state index contributed by atoms with van der Waals surface area (Å²) in [4.78, 5) is 27.8. The maximum absolute atomic E-state index is 11.9. The van der Waals surface area contributed by atoms with E-state index in [4.69, 9.17) is 4.74 Å². The molecule has 0 fully saturated rings. The number of benzene rings is 1. The lowest BCUT2D eigenvalue weighted by molar-refractivity contribution is -0.120. The molecule has 2 N–H and O–H groups in total. The molecule has 1 heterocycles. The Morgan fingerprint density at radius 1 is 1.29 bits per heavy atom. The molecular formula is C17H19N3O3S. The van der Waals surface area contributed by atoms with Crippen molar-refractivity contribution in [1.82, 2.24) is 10.3 Å². The molecule has 1 aromatic heterocycles. The maximum Gasteiger partial charge on any atom is 0.250 e. The van der Waals surface area contributed by atoms with Crippen LogP contribution in [0, 0.1) is 0 Å². The number of nitrogens with one attached hydrogen (secondary N) is 2. The lowest BCUT2D eigenvalue weighted by Crippen LogP contribution is -2.28. The van der Waals surface area contributed by atoms with Crippen molar-refractivity contribution in [3.05, 3.63) is 53.0 Å². The highest BCUT2D eigenvalue weighted by Crippen LogP contribution is 2.16. The number of hydrogen-bond acceptors (Lipinski definition) is 5. The second-order valence-corrected chi connectivity index (χ2v) is 5.75. The zero-order chi connectivity index (χ0) is 17.2. The summed E-state index contributed by atoms with van der Waals surface area (Å²) in [6, 6.07) is 9.55. The summed E-state index contributed by atoms with van der Waals surface area (Å²) in [6.07, 6.45) is 3.36. The Kier molecular flexibility index (Phi) is 7.13. The van der Waals surface area contributed by atoms with E-state index in [1.165, 1.54) is 17.4 Å². The van der Waals surface area contributed by atoms with Crippen LogP contribution in [0.15, 0.2) is 41.8 Å². The number of ether oxygens (including phenoxy) is 1. The Balaban J connectivity index is 1.81. The zero-order valence-corrected chi connectivity index (χ0v) is 14.1. The Morgan fingerprint density at radius 3 is 2.83 bits per heavy atom. The largest absolute Gasteiger partial charge is 0.383 e. The molecule has 1 aromatic carbocycles. The van der Waals surface area contributed by atoms with Crippen LogP contribution in [-0.4, -0.2) is 37.1 Å². The Labute approximate surface area is 144 Å². The lowest BCUT2D eigenvalue weighted by Gasteiger charge is -2.02. The zero-order valence-electron chi connectivity index (χ0n) is 13.3. The van der Waals surface area contributed by atoms with Crippen LogP contribution in [0.3, 0.4) is 0 Å². The summed E-state index contributed by atoms with van der Waals surface area (Å²) < 4.78 is 4.86. The molecular weight excluding hydrogens is 326 g/mol. The third kappa shape index (κ3) is 6.31. The van der Waals surface area contributed by atoms with Crippen molar-refractivity contribution in [3.8, 4) is 0 Å². The maximum atomic E-state index is 11.9. The van der Waals surface area contributed by atoms with Gasteiger partial charge >= 0.3 is 0 Å². The van der Waals surface area contributed by atoms with Gasteiger partial charge in [0.25, 0.3) is 0 Å². The fourth-order valence-electron chi connectivity index (χ4n) is 1.85. The summed E-state index contributed by atoms with van der Waals surface area (Å²) in [5.74, 6) is -0.386. The van der Waals surface area contributed by atoms with Crippen molar-refractivity contribution >= 4 is 34.4 Å². The molecule has 0 aliphatic heterocycles. The number of hydrogen-bond donors (Lipinski definition) is 2. The van der Waals surface area contributed by atoms with Crippen LogP contribution in [0.5, 0.6) is 0 Å². The summed E-state index contributed by atoms with van der Waals surface area (Å²) in [5.41, 5.74) is 1.57. The topological polar surface area (TPSA) is 80.3 Å². The first-order valence-corrected chi connectivity index (χ1v) is 8.29. The summed E-state index contributed by atoms with van der Waals surface area (Å²) in [7, 11) is 1.58. The van der Waals surface area contributed by atoms with Crippen LogP contribution >= 0.6 is 11.3 Å². The van der Waals surface area contributed by atoms with Gasteiger partial charge in [0, 0.05) is 25.1 Å². The first kappa shape index (κ1) is 17.8. The standard InChI is InChI=1S/C17H19N3O3S/c1-23-10-9-18-16(22)11-14-12-24-17(19-14)20-15(21)8-7-13-5-3-2-4-6-13/h2-8,12H,9-11H2,1H3,(H,18,22)(H,19,20,21)/b8-7+. The Morgan fingerprint density at radius 2 is 2.08 bits per heavy atom. The molecule has 0 spiro atoms. The molecule has 2 rings (SSSR count). The van der Waals surface area contributed by atoms with E-state index >= 15 is 0 Å². The highest BCUT2D eigenvalue weighted by molar-refractivity contribution is 7.14. The van der Waals surface area contributed by atoms with Crippen LogP contribution in [0.25, 0.3) is 6.08 Å². The molecule has 0 atom stereocenters. The van der Waals surface area contributed by atoms with Crippen molar-refractivity contribution < 1.29 is 14.3 Å². The van der Waals surface area contributed by atoms with Gasteiger partial charge in [-0.15, -0.1) is 11.3 Å². The predicted molar refractivity (Wildman–Crippen MR) is 94.8 cm³/mol. The van der Waals surface area contributed by atoms with Gasteiger partial charge in [-0.25, -0.2) is 4.98 Å². The normalized spacial score (nSPS) is 10.7. The van der Waals surface area contributed by atoms with Gasteiger partial charge in [-0.3, -0.25) is 14.9 Å². The third-order valence-corrected chi connectivity index (χ3v) is 3.79. The van der Waals surface area contributed by atoms with Crippen molar-refractivity contribution in [2.24, 2.45) is 0 Å². The quantitative estimate of drug-likeness (QED) is 0.567. The fraction of sp³-hybridized carbons (Fsp3) is 0.235. The van der Waals surface area contributed by atoms with Gasteiger partial charge in [-0.05, 0) is 11.6 Å². The SMILES string of the molecule is COCCNC(=O)Cc1csc(NC(=O)/C=C/c2ccccc2)n1. The molecule has 0 saturated carbocycles. The van der Waals surface area contributed by atoms with Gasteiger partial charge < -0.3 is 10.1 Å². The van der Waals surface area contributed by atoms with Crippen molar-refractivity contribution in [2.45, 2.75) is 6.42 Å². The van der Waals surface area contributed by atoms with Gasteiger partial charge in [0.1, 0.15) is 0 Å². The molecule has 0 unspecified atom stereocenters. The summed E-state index contributed by atoms with van der Waals surface area (Å²) in [5, 5.41) is 7.64. The second-order valence-electron chi connectivity index (χ2n) is 4.90. The van der Waals surface area contributed by atoms with Crippen LogP contribution in [0.1, 0.15) is 11.3 Å². The molecule has 7 heteroatoms. The van der Waals surface area contributed by atoms with Crippen molar-refractivity contribution in [2.75, 3.05) is 25.6 Å². The highest BCUT2D eigenvalue weighted by atomic mass is 32.1. The number of amides is 2. The molecule has 2 aromatic rings. The number of carbonyl (C=O) groups is 2. The molecule has 2 amide bonds. The molecule has 0 aliphatic carbocycles. The number of thiazole rings is 1. The number of anilines is 1. The average Bonchev–Trinajstić information content (AvgIpc) is 3.01. The molecule has 6 nitrogen and oxygen atoms in total. The van der Waals surface area contributed by atoms with E-state index in [-0.39, 0.29) is 18.2 Å². The minimum absolute atomic E-state index is 0.126. The predicted octanol–water partition coefficient (Wildman–Crippen LogP) is 2.10. The van der Waals surface area contributed by atoms with E-state index < -0.39 is 0 Å². The molecule has 126 valence electrons. The van der Waals surface area contributed by atoms with E-state index in [9.17, 15) is 9.59 Å². The van der Waals surface area contributed by atoms with E-state index in [0.29, 0.717) is 24.0 Å². The van der Waals surface area contributed by atoms with Crippen LogP contribution in [0.4, 0.5) is 5.13 Å². The smallest absolute Gasteiger partial charge is 0.250 e. The van der Waals surface area contributed by atoms with Crippen molar-refractivity contribution in [3.63, 3.8) is 0 Å². The molecule has 0 saturated heterocycles. The number of nitrogens with zero attached hydrogens (tertiary/aromatic N) is 1.